The monoisotopic (exact) mass is 313 g/mol. The minimum absolute atomic E-state index is 0.00248. The normalized spacial score (nSPS) is 15.4. The van der Waals surface area contributed by atoms with Gasteiger partial charge in [0.05, 0.1) is 13.7 Å². The largest absolute Gasteiger partial charge is 0.497 e. The maximum atomic E-state index is 11.8. The Morgan fingerprint density at radius 3 is 2.83 bits per heavy atom. The second kappa shape index (κ2) is 7.05. The van der Waals surface area contributed by atoms with E-state index in [1.165, 1.54) is 0 Å². The van der Waals surface area contributed by atoms with Crippen LogP contribution in [-0.4, -0.2) is 32.3 Å². The van der Waals surface area contributed by atoms with Gasteiger partial charge in [0.2, 0.25) is 0 Å². The number of hydrogen-bond acceptors (Lipinski definition) is 4. The summed E-state index contributed by atoms with van der Waals surface area (Å²) in [6.07, 6.45) is 0.699. The van der Waals surface area contributed by atoms with E-state index in [4.69, 9.17) is 14.2 Å². The lowest BCUT2D eigenvalue weighted by Gasteiger charge is -2.12. The van der Waals surface area contributed by atoms with Crippen molar-refractivity contribution in [3.8, 4) is 17.2 Å². The number of benzene rings is 2. The van der Waals surface area contributed by atoms with E-state index in [0.717, 1.165) is 23.5 Å². The van der Waals surface area contributed by atoms with Gasteiger partial charge in [-0.15, -0.1) is 0 Å². The first-order valence-corrected chi connectivity index (χ1v) is 7.52. The molecular formula is C18H19NO4. The number of amides is 1. The maximum absolute atomic E-state index is 11.8. The molecule has 2 aromatic carbocycles. The zero-order valence-electron chi connectivity index (χ0n) is 13.0. The molecule has 0 bridgehead atoms. The third-order valence-corrected chi connectivity index (χ3v) is 3.65. The number of carbonyl (C=O) groups is 1. The fourth-order valence-corrected chi connectivity index (χ4v) is 2.48. The number of rotatable bonds is 6. The molecule has 0 spiro atoms. The molecule has 1 aliphatic rings. The summed E-state index contributed by atoms with van der Waals surface area (Å²) < 4.78 is 16.4. The number of fused-ring (bicyclic) bond motifs is 1. The van der Waals surface area contributed by atoms with E-state index in [-0.39, 0.29) is 18.6 Å². The van der Waals surface area contributed by atoms with Crippen LogP contribution in [0.15, 0.2) is 48.5 Å². The molecule has 0 aliphatic carbocycles. The molecule has 1 amide bonds. The van der Waals surface area contributed by atoms with Crippen LogP contribution in [0.5, 0.6) is 17.2 Å². The van der Waals surface area contributed by atoms with Crippen molar-refractivity contribution in [1.82, 2.24) is 5.32 Å². The minimum Gasteiger partial charge on any atom is -0.497 e. The summed E-state index contributed by atoms with van der Waals surface area (Å²) in [6, 6.07) is 15.0. The molecule has 0 fully saturated rings. The summed E-state index contributed by atoms with van der Waals surface area (Å²) in [6.45, 7) is 0.450. The van der Waals surface area contributed by atoms with Gasteiger partial charge in [-0.2, -0.15) is 0 Å². The Labute approximate surface area is 135 Å². The first-order valence-electron chi connectivity index (χ1n) is 7.52. The van der Waals surface area contributed by atoms with Gasteiger partial charge >= 0.3 is 0 Å². The molecular weight excluding hydrogens is 294 g/mol. The Hall–Kier alpha value is -2.69. The highest BCUT2D eigenvalue weighted by molar-refractivity contribution is 5.77. The standard InChI is InChI=1S/C18H19NO4/c1-21-15-7-8-17-13(9-15)10-16(23-17)11-19-18(20)12-22-14-5-3-2-4-6-14/h2-9,16H,10-12H2,1H3,(H,19,20). The van der Waals surface area contributed by atoms with Crippen LogP contribution in [0.4, 0.5) is 0 Å². The van der Waals surface area contributed by atoms with Gasteiger partial charge in [-0.05, 0) is 30.3 Å². The van der Waals surface area contributed by atoms with Crippen molar-refractivity contribution in [3.63, 3.8) is 0 Å². The first kappa shape index (κ1) is 15.2. The summed E-state index contributed by atoms with van der Waals surface area (Å²) >= 11 is 0. The number of para-hydroxylation sites is 1. The predicted molar refractivity (Wildman–Crippen MR) is 86.1 cm³/mol. The topological polar surface area (TPSA) is 56.8 Å². The second-order valence-electron chi connectivity index (χ2n) is 5.32. The maximum Gasteiger partial charge on any atom is 0.258 e. The Kier molecular flexibility index (Phi) is 4.66. The van der Waals surface area contributed by atoms with Crippen molar-refractivity contribution in [1.29, 1.82) is 0 Å². The van der Waals surface area contributed by atoms with Gasteiger partial charge in [-0.3, -0.25) is 4.79 Å². The third-order valence-electron chi connectivity index (χ3n) is 3.65. The second-order valence-corrected chi connectivity index (χ2v) is 5.32. The number of methoxy groups -OCH3 is 1. The van der Waals surface area contributed by atoms with Gasteiger partial charge in [0.15, 0.2) is 6.61 Å². The Morgan fingerprint density at radius 1 is 1.22 bits per heavy atom. The van der Waals surface area contributed by atoms with Crippen molar-refractivity contribution in [2.24, 2.45) is 0 Å². The fourth-order valence-electron chi connectivity index (χ4n) is 2.48. The number of carbonyl (C=O) groups excluding carboxylic acids is 1. The Bertz CT molecular complexity index is 672. The quantitative estimate of drug-likeness (QED) is 0.888. The molecule has 1 N–H and O–H groups in total. The van der Waals surface area contributed by atoms with Crippen LogP contribution in [0, 0.1) is 0 Å². The molecule has 2 aromatic rings. The summed E-state index contributed by atoms with van der Waals surface area (Å²) in [5, 5.41) is 2.84. The van der Waals surface area contributed by atoms with Gasteiger partial charge in [0.25, 0.3) is 5.91 Å². The van der Waals surface area contributed by atoms with Crippen molar-refractivity contribution < 1.29 is 19.0 Å². The van der Waals surface area contributed by atoms with Gasteiger partial charge in [-0.25, -0.2) is 0 Å². The highest BCUT2D eigenvalue weighted by atomic mass is 16.5. The Balaban J connectivity index is 1.43. The summed E-state index contributed by atoms with van der Waals surface area (Å²) in [5.41, 5.74) is 1.10. The highest BCUT2D eigenvalue weighted by Gasteiger charge is 2.23. The van der Waals surface area contributed by atoms with E-state index in [2.05, 4.69) is 5.32 Å². The van der Waals surface area contributed by atoms with Gasteiger partial charge in [0.1, 0.15) is 23.4 Å². The van der Waals surface area contributed by atoms with Crippen LogP contribution in [0.25, 0.3) is 0 Å². The van der Waals surface area contributed by atoms with Gasteiger partial charge in [-0.1, -0.05) is 18.2 Å². The average molecular weight is 313 g/mol. The molecule has 120 valence electrons. The van der Waals surface area contributed by atoms with E-state index in [9.17, 15) is 4.79 Å². The molecule has 1 aliphatic heterocycles. The molecule has 0 saturated carbocycles. The molecule has 3 rings (SSSR count). The summed E-state index contributed by atoms with van der Waals surface area (Å²) in [5.74, 6) is 2.18. The summed E-state index contributed by atoms with van der Waals surface area (Å²) in [4.78, 5) is 11.8. The Morgan fingerprint density at radius 2 is 2.04 bits per heavy atom. The molecule has 0 radical (unpaired) electrons. The molecule has 5 heteroatoms. The lowest BCUT2D eigenvalue weighted by molar-refractivity contribution is -0.123. The molecule has 1 heterocycles. The SMILES string of the molecule is COc1ccc2c(c1)CC(CNC(=O)COc1ccccc1)O2. The van der Waals surface area contributed by atoms with Gasteiger partial charge < -0.3 is 19.5 Å². The van der Waals surface area contributed by atoms with E-state index in [1.54, 1.807) is 7.11 Å². The smallest absolute Gasteiger partial charge is 0.258 e. The van der Waals surface area contributed by atoms with E-state index in [1.807, 2.05) is 48.5 Å². The molecule has 5 nitrogen and oxygen atoms in total. The van der Waals surface area contributed by atoms with Crippen LogP contribution in [0.3, 0.4) is 0 Å². The van der Waals surface area contributed by atoms with Crippen molar-refractivity contribution in [2.75, 3.05) is 20.3 Å². The van der Waals surface area contributed by atoms with Crippen molar-refractivity contribution in [2.45, 2.75) is 12.5 Å². The van der Waals surface area contributed by atoms with Crippen LogP contribution in [0.2, 0.25) is 0 Å². The van der Waals surface area contributed by atoms with E-state index < -0.39 is 0 Å². The number of ether oxygens (including phenoxy) is 3. The highest BCUT2D eigenvalue weighted by Crippen LogP contribution is 2.31. The van der Waals surface area contributed by atoms with Crippen LogP contribution >= 0.6 is 0 Å². The van der Waals surface area contributed by atoms with Crippen molar-refractivity contribution >= 4 is 5.91 Å². The van der Waals surface area contributed by atoms with Crippen LogP contribution in [0.1, 0.15) is 5.56 Å². The van der Waals surface area contributed by atoms with Crippen LogP contribution in [-0.2, 0) is 11.2 Å². The van der Waals surface area contributed by atoms with Crippen LogP contribution < -0.4 is 19.5 Å². The van der Waals surface area contributed by atoms with Gasteiger partial charge in [0, 0.05) is 12.0 Å². The zero-order chi connectivity index (χ0) is 16.1. The summed E-state index contributed by atoms with van der Waals surface area (Å²) in [7, 11) is 1.64. The molecule has 0 saturated heterocycles. The molecule has 1 atom stereocenters. The third kappa shape index (κ3) is 3.94. The number of nitrogens with one attached hydrogen (secondary N) is 1. The molecule has 23 heavy (non-hydrogen) atoms. The fraction of sp³-hybridized carbons (Fsp3) is 0.278. The lowest BCUT2D eigenvalue weighted by atomic mass is 10.1. The van der Waals surface area contributed by atoms with E-state index >= 15 is 0 Å². The average Bonchev–Trinajstić information content (AvgIpc) is 3.01. The number of hydrogen-bond donors (Lipinski definition) is 1. The lowest BCUT2D eigenvalue weighted by Crippen LogP contribution is -2.37. The van der Waals surface area contributed by atoms with Crippen molar-refractivity contribution in [3.05, 3.63) is 54.1 Å². The minimum atomic E-state index is -0.161. The zero-order valence-corrected chi connectivity index (χ0v) is 13.0. The first-order chi connectivity index (χ1) is 11.2. The van der Waals surface area contributed by atoms with E-state index in [0.29, 0.717) is 12.3 Å². The molecule has 0 aromatic heterocycles. The molecule has 1 unspecified atom stereocenters. The predicted octanol–water partition coefficient (Wildman–Crippen LogP) is 2.19.